The minimum atomic E-state index is -1.00. The van der Waals surface area contributed by atoms with Crippen LogP contribution < -0.4 is 11.1 Å². The maximum atomic E-state index is 11.2. The zero-order valence-electron chi connectivity index (χ0n) is 13.1. The SMILES string of the molecule is CCOC1CC(Nc2cc(C)c(N)c(C(=O)O)c2)C1(C)C. The first-order valence-corrected chi connectivity index (χ1v) is 7.29. The summed E-state index contributed by atoms with van der Waals surface area (Å²) < 4.78 is 5.71. The van der Waals surface area contributed by atoms with Crippen LogP contribution in [0.4, 0.5) is 11.4 Å². The highest BCUT2D eigenvalue weighted by Crippen LogP contribution is 2.44. The molecule has 0 heterocycles. The van der Waals surface area contributed by atoms with Crippen molar-refractivity contribution in [1.29, 1.82) is 0 Å². The summed E-state index contributed by atoms with van der Waals surface area (Å²) in [6.45, 7) is 8.86. The van der Waals surface area contributed by atoms with Crippen molar-refractivity contribution in [1.82, 2.24) is 0 Å². The van der Waals surface area contributed by atoms with Gasteiger partial charge in [-0.2, -0.15) is 0 Å². The van der Waals surface area contributed by atoms with Crippen LogP contribution in [0.3, 0.4) is 0 Å². The van der Waals surface area contributed by atoms with Gasteiger partial charge in [-0.25, -0.2) is 4.79 Å². The first-order valence-electron chi connectivity index (χ1n) is 7.29. The van der Waals surface area contributed by atoms with Gasteiger partial charge in [-0.3, -0.25) is 0 Å². The van der Waals surface area contributed by atoms with E-state index in [1.54, 1.807) is 6.07 Å². The van der Waals surface area contributed by atoms with Gasteiger partial charge in [0.15, 0.2) is 0 Å². The number of carboxylic acid groups (broad SMARTS) is 1. The summed E-state index contributed by atoms with van der Waals surface area (Å²) in [6, 6.07) is 3.76. The van der Waals surface area contributed by atoms with Crippen molar-refractivity contribution in [3.8, 4) is 0 Å². The van der Waals surface area contributed by atoms with Gasteiger partial charge in [-0.05, 0) is 38.0 Å². The Balaban J connectivity index is 2.17. The second-order valence-electron chi connectivity index (χ2n) is 6.26. The molecule has 1 aromatic rings. The molecule has 2 rings (SSSR count). The zero-order valence-corrected chi connectivity index (χ0v) is 13.1. The summed E-state index contributed by atoms with van der Waals surface area (Å²) in [5.74, 6) is -1.00. The fourth-order valence-electron chi connectivity index (χ4n) is 2.87. The minimum absolute atomic E-state index is 0.0225. The van der Waals surface area contributed by atoms with Crippen molar-refractivity contribution >= 4 is 17.3 Å². The van der Waals surface area contributed by atoms with Crippen molar-refractivity contribution in [3.63, 3.8) is 0 Å². The molecule has 0 saturated heterocycles. The summed E-state index contributed by atoms with van der Waals surface area (Å²) in [5, 5.41) is 12.6. The molecule has 1 fully saturated rings. The Hall–Kier alpha value is -1.75. The minimum Gasteiger partial charge on any atom is -0.478 e. The van der Waals surface area contributed by atoms with Gasteiger partial charge in [0.05, 0.1) is 11.7 Å². The van der Waals surface area contributed by atoms with E-state index in [-0.39, 0.29) is 23.1 Å². The average molecular weight is 292 g/mol. The normalized spacial score (nSPS) is 23.4. The fraction of sp³-hybridized carbons (Fsp3) is 0.562. The molecule has 2 unspecified atom stereocenters. The third-order valence-electron chi connectivity index (χ3n) is 4.50. The summed E-state index contributed by atoms with van der Waals surface area (Å²) in [7, 11) is 0. The highest BCUT2D eigenvalue weighted by molar-refractivity contribution is 5.95. The average Bonchev–Trinajstić information content (AvgIpc) is 2.41. The monoisotopic (exact) mass is 292 g/mol. The molecule has 0 spiro atoms. The molecule has 2 atom stereocenters. The smallest absolute Gasteiger partial charge is 0.337 e. The zero-order chi connectivity index (χ0) is 15.8. The topological polar surface area (TPSA) is 84.6 Å². The van der Waals surface area contributed by atoms with Crippen LogP contribution in [-0.2, 0) is 4.74 Å². The maximum Gasteiger partial charge on any atom is 0.337 e. The number of carbonyl (C=O) groups is 1. The Morgan fingerprint density at radius 1 is 1.52 bits per heavy atom. The third-order valence-corrected chi connectivity index (χ3v) is 4.50. The van der Waals surface area contributed by atoms with E-state index in [1.807, 2.05) is 19.9 Å². The van der Waals surface area contributed by atoms with E-state index < -0.39 is 5.97 Å². The van der Waals surface area contributed by atoms with Crippen LogP contribution in [0.5, 0.6) is 0 Å². The number of hydrogen-bond donors (Lipinski definition) is 3. The number of nitrogen functional groups attached to an aromatic ring is 1. The highest BCUT2D eigenvalue weighted by atomic mass is 16.5. The molecule has 1 aliphatic carbocycles. The predicted molar refractivity (Wildman–Crippen MR) is 83.8 cm³/mol. The van der Waals surface area contributed by atoms with Gasteiger partial charge >= 0.3 is 5.97 Å². The van der Waals surface area contributed by atoms with E-state index in [2.05, 4.69) is 19.2 Å². The molecule has 21 heavy (non-hydrogen) atoms. The number of aromatic carboxylic acids is 1. The third kappa shape index (κ3) is 2.83. The number of nitrogens with two attached hydrogens (primary N) is 1. The van der Waals surface area contributed by atoms with E-state index >= 15 is 0 Å². The lowest BCUT2D eigenvalue weighted by Crippen LogP contribution is -2.58. The molecule has 0 radical (unpaired) electrons. The Labute approximate surface area is 125 Å². The summed E-state index contributed by atoms with van der Waals surface area (Å²) in [5.41, 5.74) is 7.89. The van der Waals surface area contributed by atoms with Gasteiger partial charge in [0.2, 0.25) is 0 Å². The first kappa shape index (κ1) is 15.6. The Kier molecular flexibility index (Phi) is 4.14. The van der Waals surface area contributed by atoms with Gasteiger partial charge in [0.1, 0.15) is 0 Å². The van der Waals surface area contributed by atoms with Crippen LogP contribution in [0, 0.1) is 12.3 Å². The number of carboxylic acids is 1. The van der Waals surface area contributed by atoms with Crippen LogP contribution >= 0.6 is 0 Å². The maximum absolute atomic E-state index is 11.2. The van der Waals surface area contributed by atoms with E-state index in [0.717, 1.165) is 17.7 Å². The van der Waals surface area contributed by atoms with Gasteiger partial charge in [-0.15, -0.1) is 0 Å². The molecule has 0 aromatic heterocycles. The van der Waals surface area contributed by atoms with E-state index in [4.69, 9.17) is 10.5 Å². The van der Waals surface area contributed by atoms with E-state index in [1.165, 1.54) is 0 Å². The predicted octanol–water partition coefficient (Wildman–Crippen LogP) is 2.89. The molecule has 0 amide bonds. The second-order valence-corrected chi connectivity index (χ2v) is 6.26. The second kappa shape index (κ2) is 5.56. The Bertz CT molecular complexity index is 555. The molecular weight excluding hydrogens is 268 g/mol. The molecule has 5 nitrogen and oxygen atoms in total. The number of hydrogen-bond acceptors (Lipinski definition) is 4. The lowest BCUT2D eigenvalue weighted by molar-refractivity contribution is -0.0975. The first-order chi connectivity index (χ1) is 9.77. The van der Waals surface area contributed by atoms with Gasteiger partial charge < -0.3 is 20.9 Å². The molecule has 0 aliphatic heterocycles. The number of nitrogens with one attached hydrogen (secondary N) is 1. The number of anilines is 2. The van der Waals surface area contributed by atoms with Gasteiger partial charge in [0.25, 0.3) is 0 Å². The molecule has 5 heteroatoms. The fourth-order valence-corrected chi connectivity index (χ4v) is 2.87. The molecule has 1 aliphatic rings. The standard InChI is InChI=1S/C16H24N2O3/c1-5-21-13-8-12(16(13,3)4)18-10-6-9(2)14(17)11(7-10)15(19)20/h6-7,12-13,18H,5,8,17H2,1-4H3,(H,19,20). The summed E-state index contributed by atoms with van der Waals surface area (Å²) in [6.07, 6.45) is 1.17. The molecule has 1 saturated carbocycles. The van der Waals surface area contributed by atoms with Crippen LogP contribution in [0.2, 0.25) is 0 Å². The van der Waals surface area contributed by atoms with Crippen molar-refractivity contribution in [3.05, 3.63) is 23.3 Å². The number of benzene rings is 1. The quantitative estimate of drug-likeness (QED) is 0.727. The molecule has 1 aromatic carbocycles. The van der Waals surface area contributed by atoms with Crippen molar-refractivity contribution in [2.75, 3.05) is 17.7 Å². The van der Waals surface area contributed by atoms with Gasteiger partial charge in [0, 0.05) is 29.4 Å². The van der Waals surface area contributed by atoms with Crippen LogP contribution in [0.1, 0.15) is 43.1 Å². The van der Waals surface area contributed by atoms with Crippen molar-refractivity contribution in [2.45, 2.75) is 46.3 Å². The van der Waals surface area contributed by atoms with E-state index in [9.17, 15) is 9.90 Å². The van der Waals surface area contributed by atoms with Crippen LogP contribution in [0.15, 0.2) is 12.1 Å². The van der Waals surface area contributed by atoms with Crippen LogP contribution in [-0.4, -0.2) is 29.8 Å². The number of aryl methyl sites for hydroxylation is 1. The van der Waals surface area contributed by atoms with E-state index in [0.29, 0.717) is 12.3 Å². The summed E-state index contributed by atoms with van der Waals surface area (Å²) >= 11 is 0. The largest absolute Gasteiger partial charge is 0.478 e. The van der Waals surface area contributed by atoms with Crippen LogP contribution in [0.25, 0.3) is 0 Å². The molecule has 116 valence electrons. The Morgan fingerprint density at radius 2 is 2.19 bits per heavy atom. The highest BCUT2D eigenvalue weighted by Gasteiger charge is 2.48. The Morgan fingerprint density at radius 3 is 2.71 bits per heavy atom. The lowest BCUT2D eigenvalue weighted by Gasteiger charge is -2.52. The summed E-state index contributed by atoms with van der Waals surface area (Å²) in [4.78, 5) is 11.2. The molecule has 0 bridgehead atoms. The van der Waals surface area contributed by atoms with Gasteiger partial charge in [-0.1, -0.05) is 13.8 Å². The van der Waals surface area contributed by atoms with Crippen molar-refractivity contribution < 1.29 is 14.6 Å². The lowest BCUT2D eigenvalue weighted by atomic mass is 9.64. The number of rotatable bonds is 5. The van der Waals surface area contributed by atoms with Crippen molar-refractivity contribution in [2.24, 2.45) is 5.41 Å². The molecular formula is C16H24N2O3. The molecule has 4 N–H and O–H groups in total. The number of ether oxygens (including phenoxy) is 1.